The number of anilines is 1. The first-order chi connectivity index (χ1) is 19.9. The number of rotatable bonds is 13. The molecule has 42 heavy (non-hydrogen) atoms. The lowest BCUT2D eigenvalue weighted by molar-refractivity contribution is -0.140. The zero-order valence-electron chi connectivity index (χ0n) is 24.8. The molecule has 1 N–H and O–H groups in total. The van der Waals surface area contributed by atoms with Crippen LogP contribution < -0.4 is 9.62 Å². The van der Waals surface area contributed by atoms with Gasteiger partial charge in [0.25, 0.3) is 10.0 Å². The Morgan fingerprint density at radius 3 is 2.17 bits per heavy atom. The van der Waals surface area contributed by atoms with Gasteiger partial charge in [-0.25, -0.2) is 8.42 Å². The second kappa shape index (κ2) is 14.9. The molecule has 3 aromatic rings. The predicted octanol–water partition coefficient (Wildman–Crippen LogP) is 6.84. The lowest BCUT2D eigenvalue weighted by Gasteiger charge is -2.33. The van der Waals surface area contributed by atoms with Gasteiger partial charge in [0.05, 0.1) is 20.6 Å². The van der Waals surface area contributed by atoms with Crippen molar-refractivity contribution in [2.24, 2.45) is 0 Å². The number of nitrogens with one attached hydrogen (secondary N) is 1. The Kier molecular flexibility index (Phi) is 11.9. The number of carbonyl (C=O) groups excluding carboxylic acids is 2. The molecule has 0 heterocycles. The van der Waals surface area contributed by atoms with E-state index in [0.717, 1.165) is 28.3 Å². The van der Waals surface area contributed by atoms with E-state index in [-0.39, 0.29) is 17.3 Å². The van der Waals surface area contributed by atoms with Crippen molar-refractivity contribution in [3.8, 4) is 0 Å². The summed E-state index contributed by atoms with van der Waals surface area (Å²) in [6, 6.07) is 16.2. The summed E-state index contributed by atoms with van der Waals surface area (Å²) in [5.74, 6) is -0.811. The molecule has 0 radical (unpaired) electrons. The number of aryl methyl sites for hydroxylation is 3. The van der Waals surface area contributed by atoms with Crippen LogP contribution in [0.4, 0.5) is 5.69 Å². The first-order valence-electron chi connectivity index (χ1n) is 14.1. The molecular weight excluding hydrogens is 593 g/mol. The fourth-order valence-electron chi connectivity index (χ4n) is 4.60. The van der Waals surface area contributed by atoms with Crippen LogP contribution in [0.15, 0.2) is 65.6 Å². The van der Waals surface area contributed by atoms with Gasteiger partial charge in [-0.05, 0) is 80.6 Å². The second-order valence-electron chi connectivity index (χ2n) is 10.5. The fourth-order valence-corrected chi connectivity index (χ4v) is 6.39. The van der Waals surface area contributed by atoms with Crippen LogP contribution in [0, 0.1) is 20.8 Å². The van der Waals surface area contributed by atoms with Gasteiger partial charge in [-0.15, -0.1) is 0 Å². The van der Waals surface area contributed by atoms with Gasteiger partial charge >= 0.3 is 0 Å². The van der Waals surface area contributed by atoms with Gasteiger partial charge in [0.2, 0.25) is 11.8 Å². The zero-order valence-corrected chi connectivity index (χ0v) is 27.1. The van der Waals surface area contributed by atoms with Crippen LogP contribution in [-0.2, 0) is 26.2 Å². The van der Waals surface area contributed by atoms with Crippen molar-refractivity contribution in [1.82, 2.24) is 10.2 Å². The molecule has 0 bridgehead atoms. The molecule has 0 saturated heterocycles. The topological polar surface area (TPSA) is 86.8 Å². The molecule has 226 valence electrons. The van der Waals surface area contributed by atoms with Crippen molar-refractivity contribution in [2.45, 2.75) is 71.4 Å². The molecule has 10 heteroatoms. The molecule has 3 aromatic carbocycles. The van der Waals surface area contributed by atoms with Crippen LogP contribution in [0.2, 0.25) is 10.0 Å². The smallest absolute Gasteiger partial charge is 0.264 e. The summed E-state index contributed by atoms with van der Waals surface area (Å²) in [4.78, 5) is 29.1. The predicted molar refractivity (Wildman–Crippen MR) is 171 cm³/mol. The van der Waals surface area contributed by atoms with Crippen LogP contribution >= 0.6 is 23.2 Å². The highest BCUT2D eigenvalue weighted by atomic mass is 35.5. The summed E-state index contributed by atoms with van der Waals surface area (Å²) in [6.07, 6.45) is 2.04. The maximum atomic E-state index is 14.2. The van der Waals surface area contributed by atoms with E-state index in [1.807, 2.05) is 39.8 Å². The average molecular weight is 633 g/mol. The van der Waals surface area contributed by atoms with E-state index in [1.165, 1.54) is 17.0 Å². The maximum absolute atomic E-state index is 14.2. The van der Waals surface area contributed by atoms with Gasteiger partial charge in [0, 0.05) is 13.1 Å². The SMILES string of the molecule is CCCCNC(=O)[C@H](CC)N(Cc1ccc(Cl)c(Cl)c1)C(=O)CN(c1cc(C)ccc1C)S(=O)(=O)c1ccc(C)cc1. The molecule has 0 saturated carbocycles. The van der Waals surface area contributed by atoms with Crippen LogP contribution in [-0.4, -0.2) is 44.3 Å². The van der Waals surface area contributed by atoms with Crippen molar-refractivity contribution >= 4 is 50.7 Å². The third-order valence-electron chi connectivity index (χ3n) is 7.07. The lowest BCUT2D eigenvalue weighted by Crippen LogP contribution is -2.52. The van der Waals surface area contributed by atoms with Crippen LogP contribution in [0.25, 0.3) is 0 Å². The highest BCUT2D eigenvalue weighted by Gasteiger charge is 2.34. The van der Waals surface area contributed by atoms with Crippen molar-refractivity contribution in [3.05, 3.63) is 93.0 Å². The molecular formula is C32H39Cl2N3O4S. The van der Waals surface area contributed by atoms with Gasteiger partial charge in [0.1, 0.15) is 12.6 Å². The minimum atomic E-state index is -4.15. The molecule has 2 amide bonds. The van der Waals surface area contributed by atoms with E-state index in [0.29, 0.717) is 39.8 Å². The number of halogens is 2. The molecule has 3 rings (SSSR count). The first kappa shape index (κ1) is 33.4. The van der Waals surface area contributed by atoms with E-state index >= 15 is 0 Å². The lowest BCUT2D eigenvalue weighted by atomic mass is 10.1. The Hall–Kier alpha value is -3.07. The Bertz CT molecular complexity index is 1510. The Morgan fingerprint density at radius 2 is 1.55 bits per heavy atom. The summed E-state index contributed by atoms with van der Waals surface area (Å²) in [6.45, 7) is 9.43. The largest absolute Gasteiger partial charge is 0.354 e. The number of hydrogen-bond donors (Lipinski definition) is 1. The second-order valence-corrected chi connectivity index (χ2v) is 13.1. The van der Waals surface area contributed by atoms with Crippen molar-refractivity contribution in [3.63, 3.8) is 0 Å². The van der Waals surface area contributed by atoms with Gasteiger partial charge in [-0.3, -0.25) is 13.9 Å². The molecule has 0 aromatic heterocycles. The molecule has 0 unspecified atom stereocenters. The van der Waals surface area contributed by atoms with Crippen LogP contribution in [0.3, 0.4) is 0 Å². The molecule has 7 nitrogen and oxygen atoms in total. The number of carbonyl (C=O) groups is 2. The van der Waals surface area contributed by atoms with Crippen LogP contribution in [0.5, 0.6) is 0 Å². The number of benzene rings is 3. The van der Waals surface area contributed by atoms with E-state index in [9.17, 15) is 18.0 Å². The fraction of sp³-hybridized carbons (Fsp3) is 0.375. The standard InChI is InChI=1S/C32H39Cl2N3O4S/c1-6-8-17-35-32(39)29(7-2)36(20-25-13-16-27(33)28(34)19-25)31(38)21-37(30-18-23(4)9-12-24(30)5)42(40,41)26-14-10-22(3)11-15-26/h9-16,18-19,29H,6-8,17,20-21H2,1-5H3,(H,35,39)/t29-/m0/s1. The molecule has 0 aliphatic rings. The van der Waals surface area contributed by atoms with Gasteiger partial charge < -0.3 is 10.2 Å². The molecule has 0 spiro atoms. The Labute approximate surface area is 259 Å². The molecule has 0 aliphatic heterocycles. The van der Waals surface area contributed by atoms with E-state index in [4.69, 9.17) is 23.2 Å². The quantitative estimate of drug-likeness (QED) is 0.209. The van der Waals surface area contributed by atoms with Gasteiger partial charge in [-0.1, -0.05) is 79.4 Å². The number of amides is 2. The third-order valence-corrected chi connectivity index (χ3v) is 9.59. The summed E-state index contributed by atoms with van der Waals surface area (Å²) in [7, 11) is -4.15. The summed E-state index contributed by atoms with van der Waals surface area (Å²) < 4.78 is 29.3. The zero-order chi connectivity index (χ0) is 31.0. The van der Waals surface area contributed by atoms with Crippen molar-refractivity contribution in [2.75, 3.05) is 17.4 Å². The maximum Gasteiger partial charge on any atom is 0.264 e. The summed E-state index contributed by atoms with van der Waals surface area (Å²) in [5.41, 5.74) is 3.53. The van der Waals surface area contributed by atoms with E-state index < -0.39 is 28.5 Å². The molecule has 0 fully saturated rings. The van der Waals surface area contributed by atoms with Gasteiger partial charge in [-0.2, -0.15) is 0 Å². The van der Waals surface area contributed by atoms with E-state index in [2.05, 4.69) is 5.32 Å². The minimum Gasteiger partial charge on any atom is -0.354 e. The normalized spacial score (nSPS) is 12.1. The van der Waals surface area contributed by atoms with Gasteiger partial charge in [0.15, 0.2) is 0 Å². The number of hydrogen-bond acceptors (Lipinski definition) is 4. The molecule has 1 atom stereocenters. The minimum absolute atomic E-state index is 0.0423. The van der Waals surface area contributed by atoms with E-state index in [1.54, 1.807) is 43.3 Å². The van der Waals surface area contributed by atoms with Crippen molar-refractivity contribution < 1.29 is 18.0 Å². The first-order valence-corrected chi connectivity index (χ1v) is 16.3. The summed E-state index contributed by atoms with van der Waals surface area (Å²) in [5, 5.41) is 3.62. The number of nitrogens with zero attached hydrogens (tertiary/aromatic N) is 2. The highest BCUT2D eigenvalue weighted by Crippen LogP contribution is 2.29. The third kappa shape index (κ3) is 8.27. The van der Waals surface area contributed by atoms with Crippen molar-refractivity contribution in [1.29, 1.82) is 0 Å². The summed E-state index contributed by atoms with van der Waals surface area (Å²) >= 11 is 12.4. The number of sulfonamides is 1. The highest BCUT2D eigenvalue weighted by molar-refractivity contribution is 7.92. The average Bonchev–Trinajstić information content (AvgIpc) is 2.95. The number of unbranched alkanes of at least 4 members (excludes halogenated alkanes) is 1. The van der Waals surface area contributed by atoms with Crippen LogP contribution in [0.1, 0.15) is 55.4 Å². The molecule has 0 aliphatic carbocycles. The Morgan fingerprint density at radius 1 is 0.881 bits per heavy atom. The monoisotopic (exact) mass is 631 g/mol. The Balaban J connectivity index is 2.09.